The highest BCUT2D eigenvalue weighted by Crippen LogP contribution is 2.58. The van der Waals surface area contributed by atoms with Crippen molar-refractivity contribution >= 4 is 11.4 Å². The van der Waals surface area contributed by atoms with E-state index < -0.39 is 5.41 Å². The van der Waals surface area contributed by atoms with Crippen molar-refractivity contribution in [2.24, 2.45) is 0 Å². The van der Waals surface area contributed by atoms with Gasteiger partial charge in [-0.1, -0.05) is 153 Å². The van der Waals surface area contributed by atoms with Gasteiger partial charge in [0.2, 0.25) is 0 Å². The van der Waals surface area contributed by atoms with Crippen molar-refractivity contribution < 1.29 is 9.47 Å². The van der Waals surface area contributed by atoms with Crippen molar-refractivity contribution in [2.75, 3.05) is 11.5 Å². The van der Waals surface area contributed by atoms with Gasteiger partial charge in [-0.25, -0.2) is 0 Å². The van der Waals surface area contributed by atoms with Gasteiger partial charge in [-0.15, -0.1) is 0 Å². The molecular formula is C55H64N2O2. The fourth-order valence-corrected chi connectivity index (χ4v) is 9.60. The third-order valence-corrected chi connectivity index (χ3v) is 12.0. The maximum atomic E-state index is 7.11. The summed E-state index contributed by atoms with van der Waals surface area (Å²) < 4.78 is 14.2. The number of fused-ring (bicyclic) bond motifs is 3. The fraction of sp³-hybridized carbons (Fsp3) is 0.345. The first-order chi connectivity index (χ1) is 28.8. The normalized spacial score (nSPS) is 12.6. The third kappa shape index (κ3) is 8.12. The second-order valence-electron chi connectivity index (χ2n) is 16.5. The number of rotatable bonds is 18. The molecule has 59 heavy (non-hydrogen) atoms. The Labute approximate surface area is 354 Å². The minimum absolute atomic E-state index is 0.566. The molecule has 6 aromatic rings. The molecule has 0 unspecified atom stereocenters. The zero-order chi connectivity index (χ0) is 41.5. The van der Waals surface area contributed by atoms with E-state index in [2.05, 4.69) is 139 Å². The Kier molecular flexibility index (Phi) is 13.2. The van der Waals surface area contributed by atoms with Crippen LogP contribution in [0.3, 0.4) is 0 Å². The molecule has 7 rings (SSSR count). The lowest BCUT2D eigenvalue weighted by atomic mass is 9.66. The molecule has 0 radical (unpaired) electrons. The third-order valence-electron chi connectivity index (χ3n) is 12.0. The molecule has 0 spiro atoms. The monoisotopic (exact) mass is 784 g/mol. The largest absolute Gasteiger partial charge is 0.457 e. The lowest BCUT2D eigenvalue weighted by molar-refractivity contribution is 0.461. The number of anilines is 2. The Hall–Kier alpha value is -5.48. The van der Waals surface area contributed by atoms with Gasteiger partial charge in [0, 0.05) is 11.4 Å². The molecule has 1 aliphatic carbocycles. The van der Waals surface area contributed by atoms with E-state index >= 15 is 0 Å². The van der Waals surface area contributed by atoms with E-state index in [-0.39, 0.29) is 0 Å². The first-order valence-electron chi connectivity index (χ1n) is 22.4. The number of benzene rings is 6. The zero-order valence-electron chi connectivity index (χ0n) is 36.3. The van der Waals surface area contributed by atoms with Crippen molar-refractivity contribution in [3.05, 3.63) is 165 Å². The molecule has 0 aromatic heterocycles. The van der Waals surface area contributed by atoms with Crippen LogP contribution in [0.2, 0.25) is 0 Å². The summed E-state index contributed by atoms with van der Waals surface area (Å²) in [6.07, 6.45) is 11.5. The van der Waals surface area contributed by atoms with E-state index in [1.54, 1.807) is 0 Å². The summed E-state index contributed by atoms with van der Waals surface area (Å²) in [5, 5.41) is 0. The number of hydrogen-bond donors (Lipinski definition) is 2. The summed E-state index contributed by atoms with van der Waals surface area (Å²) in [4.78, 5) is 0. The topological polar surface area (TPSA) is 70.5 Å². The minimum Gasteiger partial charge on any atom is -0.457 e. The highest BCUT2D eigenvalue weighted by atomic mass is 16.5. The molecule has 0 saturated heterocycles. The first kappa shape index (κ1) is 41.7. The Balaban J connectivity index is 1.53. The number of nitrogen functional groups attached to an aromatic ring is 2. The van der Waals surface area contributed by atoms with E-state index in [1.807, 2.05) is 12.1 Å². The van der Waals surface area contributed by atoms with Crippen LogP contribution in [-0.4, -0.2) is 0 Å². The maximum Gasteiger partial charge on any atom is 0.133 e. The molecule has 306 valence electrons. The summed E-state index contributed by atoms with van der Waals surface area (Å²) in [7, 11) is 0. The average Bonchev–Trinajstić information content (AvgIpc) is 3.53. The van der Waals surface area contributed by atoms with Gasteiger partial charge in [-0.2, -0.15) is 0 Å². The van der Waals surface area contributed by atoms with Gasteiger partial charge in [0.25, 0.3) is 0 Å². The van der Waals surface area contributed by atoms with Crippen molar-refractivity contribution in [2.45, 2.75) is 124 Å². The summed E-state index contributed by atoms with van der Waals surface area (Å²) in [6.45, 7) is 13.5. The van der Waals surface area contributed by atoms with Crippen molar-refractivity contribution in [3.63, 3.8) is 0 Å². The van der Waals surface area contributed by atoms with Gasteiger partial charge >= 0.3 is 0 Å². The van der Waals surface area contributed by atoms with Gasteiger partial charge in [-0.05, 0) is 142 Å². The van der Waals surface area contributed by atoms with Crippen LogP contribution in [0.25, 0.3) is 11.1 Å². The van der Waals surface area contributed by atoms with E-state index in [0.717, 1.165) is 123 Å². The SMILES string of the molecule is CCCc1cc(N)ccc1Oc1c(CCC)cc(C2(c3cc(CCC)c(Oc4ccc(N)cc4CCC)c(CCC)c3)c3ccccc3-c3ccccc32)cc1CCC. The first-order valence-corrected chi connectivity index (χ1v) is 22.4. The lowest BCUT2D eigenvalue weighted by Gasteiger charge is -2.36. The second-order valence-corrected chi connectivity index (χ2v) is 16.5. The van der Waals surface area contributed by atoms with Crippen LogP contribution in [0.1, 0.15) is 136 Å². The molecule has 0 bridgehead atoms. The second kappa shape index (κ2) is 18.6. The summed E-state index contributed by atoms with van der Waals surface area (Å²) in [5.74, 6) is 3.81. The smallest absolute Gasteiger partial charge is 0.133 e. The van der Waals surface area contributed by atoms with Crippen LogP contribution >= 0.6 is 0 Å². The molecule has 0 atom stereocenters. The number of aryl methyl sites for hydroxylation is 6. The number of hydrogen-bond acceptors (Lipinski definition) is 4. The van der Waals surface area contributed by atoms with Gasteiger partial charge in [0.15, 0.2) is 0 Å². The van der Waals surface area contributed by atoms with Crippen LogP contribution in [0, 0.1) is 0 Å². The summed E-state index contributed by atoms with van der Waals surface area (Å²) in [6, 6.07) is 40.4. The quantitative estimate of drug-likeness (QED) is 0.0850. The minimum atomic E-state index is -0.566. The highest BCUT2D eigenvalue weighted by Gasteiger charge is 2.47. The molecule has 0 heterocycles. The highest BCUT2D eigenvalue weighted by molar-refractivity contribution is 5.86. The Morgan fingerprint density at radius 1 is 0.390 bits per heavy atom. The molecular weight excluding hydrogens is 721 g/mol. The van der Waals surface area contributed by atoms with E-state index in [9.17, 15) is 0 Å². The lowest BCUT2D eigenvalue weighted by Crippen LogP contribution is -2.29. The van der Waals surface area contributed by atoms with E-state index in [1.165, 1.54) is 55.6 Å². The molecule has 4 heteroatoms. The van der Waals surface area contributed by atoms with Gasteiger partial charge in [0.05, 0.1) is 5.41 Å². The van der Waals surface area contributed by atoms with Gasteiger partial charge in [-0.3, -0.25) is 0 Å². The average molecular weight is 785 g/mol. The molecule has 4 N–H and O–H groups in total. The number of nitrogens with two attached hydrogens (primary N) is 2. The molecule has 0 amide bonds. The van der Waals surface area contributed by atoms with E-state index in [0.29, 0.717) is 0 Å². The standard InChI is InChI=1S/C55H64N2O2/c1-7-17-37-35-45(56)27-29-51(37)58-53-39(19-9-3)31-43(32-40(53)20-10-4)55(49-25-15-13-23-47(49)48-24-14-16-26-50(48)55)44-33-41(21-11-5)54(42(34-44)22-12-6)59-52-30-28-46(57)36-38(52)18-8-2/h13-16,23-36H,7-12,17-22,56-57H2,1-6H3. The van der Waals surface area contributed by atoms with Crippen molar-refractivity contribution in [1.29, 1.82) is 0 Å². The molecule has 0 aliphatic heterocycles. The van der Waals surface area contributed by atoms with Crippen LogP contribution in [0.15, 0.2) is 109 Å². The fourth-order valence-electron chi connectivity index (χ4n) is 9.60. The van der Waals surface area contributed by atoms with Crippen molar-refractivity contribution in [3.8, 4) is 34.1 Å². The molecule has 1 aliphatic rings. The zero-order valence-corrected chi connectivity index (χ0v) is 36.3. The van der Waals surface area contributed by atoms with Crippen LogP contribution in [0.4, 0.5) is 11.4 Å². The predicted molar refractivity (Wildman–Crippen MR) is 250 cm³/mol. The Morgan fingerprint density at radius 2 is 0.712 bits per heavy atom. The molecule has 0 fully saturated rings. The predicted octanol–water partition coefficient (Wildman–Crippen LogP) is 14.5. The molecule has 4 nitrogen and oxygen atoms in total. The van der Waals surface area contributed by atoms with Crippen LogP contribution < -0.4 is 20.9 Å². The van der Waals surface area contributed by atoms with Crippen LogP contribution in [-0.2, 0) is 43.9 Å². The Bertz CT molecular complexity index is 2190. The van der Waals surface area contributed by atoms with Crippen molar-refractivity contribution in [1.82, 2.24) is 0 Å². The molecule has 0 saturated carbocycles. The molecule has 6 aromatic carbocycles. The Morgan fingerprint density at radius 3 is 1.05 bits per heavy atom. The van der Waals surface area contributed by atoms with Crippen LogP contribution in [0.5, 0.6) is 23.0 Å². The summed E-state index contributed by atoms with van der Waals surface area (Å²) >= 11 is 0. The van der Waals surface area contributed by atoms with Gasteiger partial charge < -0.3 is 20.9 Å². The van der Waals surface area contributed by atoms with E-state index in [4.69, 9.17) is 20.9 Å². The van der Waals surface area contributed by atoms with Gasteiger partial charge in [0.1, 0.15) is 23.0 Å². The maximum absolute atomic E-state index is 7.11. The number of ether oxygens (including phenoxy) is 2. The summed E-state index contributed by atoms with van der Waals surface area (Å²) in [5.41, 5.74) is 28.8.